The van der Waals surface area contributed by atoms with Crippen molar-refractivity contribution in [1.82, 2.24) is 0 Å². The minimum Gasteiger partial charge on any atom is -0.644 e. The minimum atomic E-state index is -3.68. The van der Waals surface area contributed by atoms with Crippen LogP contribution in [0, 0.1) is 0 Å². The number of rotatable bonds is 8. The van der Waals surface area contributed by atoms with Gasteiger partial charge in [-0.05, 0) is 64.6 Å². The maximum atomic E-state index is 7.34. The molecule has 0 fully saturated rings. The summed E-state index contributed by atoms with van der Waals surface area (Å²) < 4.78 is 7.34. The molecule has 0 saturated carbocycles. The van der Waals surface area contributed by atoms with E-state index in [1.54, 1.807) is 0 Å². The van der Waals surface area contributed by atoms with E-state index in [1.807, 2.05) is 0 Å². The van der Waals surface area contributed by atoms with Crippen molar-refractivity contribution in [2.45, 2.75) is 0 Å². The van der Waals surface area contributed by atoms with Crippen LogP contribution < -0.4 is 60.7 Å². The molecule has 12 aromatic rings. The molecular weight excluding hydrogens is 814 g/mol. The van der Waals surface area contributed by atoms with Gasteiger partial charge in [0, 0.05) is 16.5 Å². The Morgan fingerprint density at radius 3 is 0.531 bits per heavy atom. The molecule has 0 aromatic heterocycles. The van der Waals surface area contributed by atoms with Crippen molar-refractivity contribution in [3.05, 3.63) is 259 Å². The fraction of sp³-hybridized carbons (Fsp3) is 0. The molecule has 0 atom stereocenters. The molecule has 0 aliphatic rings. The summed E-state index contributed by atoms with van der Waals surface area (Å²) in [6, 6.07) is 95.9. The van der Waals surface area contributed by atoms with Crippen LogP contribution in [0.25, 0.3) is 69.3 Å². The maximum Gasteiger partial charge on any atom is 1.00 e. The molecule has 12 aromatic carbocycles. The van der Waals surface area contributed by atoms with Gasteiger partial charge in [-0.2, -0.15) is 0 Å². The first-order chi connectivity index (χ1) is 31.2. The van der Waals surface area contributed by atoms with Gasteiger partial charge in [-0.3, -0.25) is 0 Å². The van der Waals surface area contributed by atoms with Crippen molar-refractivity contribution in [1.29, 1.82) is 0 Å². The molecule has 12 rings (SSSR count). The second kappa shape index (κ2) is 16.6. The van der Waals surface area contributed by atoms with Gasteiger partial charge >= 0.3 is 29.6 Å². The van der Waals surface area contributed by atoms with Crippen LogP contribution in [0.15, 0.2) is 255 Å². The van der Waals surface area contributed by atoms with E-state index < -0.39 is 16.5 Å². The van der Waals surface area contributed by atoms with Gasteiger partial charge in [0.25, 0.3) is 0 Å². The van der Waals surface area contributed by atoms with Gasteiger partial charge in [-0.15, -0.1) is 0 Å². The van der Waals surface area contributed by atoms with E-state index in [0.29, 0.717) is 0 Å². The Bertz CT molecular complexity index is 3050. The molecule has 0 amide bonds. The Labute approximate surface area is 398 Å². The van der Waals surface area contributed by atoms with E-state index in [2.05, 4.69) is 255 Å². The minimum absolute atomic E-state index is 0. The topological polar surface area (TPSA) is 14.1 Å². The SMILES string of the molecule is [Na+].c1ccc2c([Si]([N-][Si](c3cccc4ccccc34)(c3cccc4ccccc34)c3cccc4ccccc34)(c3cccc4ccccc34)c3cccc4ccccc34)cccc2c1. The molecule has 0 aliphatic carbocycles. The van der Waals surface area contributed by atoms with Crippen molar-refractivity contribution in [3.8, 4) is 0 Å². The number of benzene rings is 12. The molecule has 0 unspecified atom stereocenters. The summed E-state index contributed by atoms with van der Waals surface area (Å²) in [5.41, 5.74) is 0. The number of hydrogen-bond acceptors (Lipinski definition) is 0. The van der Waals surface area contributed by atoms with Gasteiger partial charge in [0.15, 0.2) is 0 Å². The average Bonchev–Trinajstić information content (AvgIpc) is 3.36. The monoisotopic (exact) mass is 855 g/mol. The summed E-state index contributed by atoms with van der Waals surface area (Å²) in [6.45, 7) is 0. The van der Waals surface area contributed by atoms with Gasteiger partial charge in [0.1, 0.15) is 0 Å². The van der Waals surface area contributed by atoms with Gasteiger partial charge in [0.05, 0.1) is 0 Å². The van der Waals surface area contributed by atoms with Crippen LogP contribution in [0.3, 0.4) is 0 Å². The molecule has 1 nitrogen and oxygen atoms in total. The summed E-state index contributed by atoms with van der Waals surface area (Å²) in [4.78, 5) is 0. The standard InChI is InChI=1S/C60H42NSi2.Na/c1-7-31-49-43(19-1)25-13-37-55(49)62(56-38-14-26-44-20-2-8-32-50(44)56,57-39-15-27-45-21-3-9-33-51(45)57)61-63(58-40-16-28-46-22-4-10-34-52(46)58,59-41-17-29-47-23-5-11-35-53(47)59)60-42-18-30-48-24-6-12-36-54(48)60;/h1-42H;/q-1;+1. The third-order valence-corrected chi connectivity index (χ3v) is 23.4. The summed E-state index contributed by atoms with van der Waals surface area (Å²) in [7, 11) is -7.35. The van der Waals surface area contributed by atoms with E-state index in [9.17, 15) is 0 Å². The summed E-state index contributed by atoms with van der Waals surface area (Å²) in [6.07, 6.45) is 0. The summed E-state index contributed by atoms with van der Waals surface area (Å²) >= 11 is 0. The zero-order valence-electron chi connectivity index (χ0n) is 35.7. The van der Waals surface area contributed by atoms with E-state index in [0.717, 1.165) is 0 Å². The fourth-order valence-corrected chi connectivity index (χ4v) is 23.1. The third-order valence-electron chi connectivity index (χ3n) is 13.4. The van der Waals surface area contributed by atoms with Crippen LogP contribution in [0.2, 0.25) is 0 Å². The summed E-state index contributed by atoms with van der Waals surface area (Å²) in [5.74, 6) is 0. The van der Waals surface area contributed by atoms with Gasteiger partial charge in [-0.25, -0.2) is 0 Å². The number of nitrogens with zero attached hydrogens (tertiary/aromatic N) is 1. The molecule has 296 valence electrons. The first-order valence-electron chi connectivity index (χ1n) is 21.9. The van der Waals surface area contributed by atoms with Crippen LogP contribution >= 0.6 is 0 Å². The molecule has 0 radical (unpaired) electrons. The molecule has 0 saturated heterocycles. The maximum absolute atomic E-state index is 7.34. The number of hydrogen-bond donors (Lipinski definition) is 0. The Balaban J connectivity index is 0.00000456. The molecule has 0 aliphatic heterocycles. The van der Waals surface area contributed by atoms with Crippen molar-refractivity contribution in [2.75, 3.05) is 0 Å². The zero-order valence-corrected chi connectivity index (χ0v) is 39.7. The van der Waals surface area contributed by atoms with E-state index >= 15 is 0 Å². The molecule has 4 heteroatoms. The molecular formula is C60H42NNaSi2. The van der Waals surface area contributed by atoms with Crippen molar-refractivity contribution in [2.24, 2.45) is 0 Å². The van der Waals surface area contributed by atoms with E-state index in [1.165, 1.54) is 95.8 Å². The normalized spacial score (nSPS) is 12.0. The Hall–Kier alpha value is -6.41. The van der Waals surface area contributed by atoms with E-state index in [4.69, 9.17) is 4.65 Å². The quantitative estimate of drug-likeness (QED) is 0.108. The largest absolute Gasteiger partial charge is 1.00 e. The van der Waals surface area contributed by atoms with Crippen LogP contribution in [-0.4, -0.2) is 16.5 Å². The Morgan fingerprint density at radius 1 is 0.188 bits per heavy atom. The zero-order chi connectivity index (χ0) is 41.8. The molecule has 0 N–H and O–H groups in total. The smallest absolute Gasteiger partial charge is 0.644 e. The van der Waals surface area contributed by atoms with Crippen molar-refractivity contribution >= 4 is 112 Å². The molecule has 0 heterocycles. The van der Waals surface area contributed by atoms with Crippen LogP contribution in [0.4, 0.5) is 0 Å². The second-order valence-electron chi connectivity index (χ2n) is 16.7. The molecule has 0 spiro atoms. The predicted molar refractivity (Wildman–Crippen MR) is 276 cm³/mol. The van der Waals surface area contributed by atoms with Crippen molar-refractivity contribution in [3.63, 3.8) is 0 Å². The number of fused-ring (bicyclic) bond motifs is 6. The first kappa shape index (κ1) is 40.4. The van der Waals surface area contributed by atoms with Gasteiger partial charge < -0.3 is 4.65 Å². The van der Waals surface area contributed by atoms with Crippen LogP contribution in [-0.2, 0) is 0 Å². The van der Waals surface area contributed by atoms with Gasteiger partial charge in [0.2, 0.25) is 0 Å². The molecule has 0 bridgehead atoms. The van der Waals surface area contributed by atoms with Crippen LogP contribution in [0.5, 0.6) is 0 Å². The second-order valence-corrected chi connectivity index (χ2v) is 23.7. The van der Waals surface area contributed by atoms with Gasteiger partial charge in [-0.1, -0.05) is 286 Å². The van der Waals surface area contributed by atoms with Crippen molar-refractivity contribution < 1.29 is 29.6 Å². The third kappa shape index (κ3) is 6.35. The van der Waals surface area contributed by atoms with Crippen LogP contribution in [0.1, 0.15) is 0 Å². The van der Waals surface area contributed by atoms with E-state index in [-0.39, 0.29) is 29.6 Å². The fourth-order valence-electron chi connectivity index (χ4n) is 10.7. The Morgan fingerprint density at radius 2 is 0.344 bits per heavy atom. The molecule has 64 heavy (non-hydrogen) atoms. The summed E-state index contributed by atoms with van der Waals surface area (Å²) in [5, 5.41) is 22.6. The Kier molecular flexibility index (Phi) is 10.5. The first-order valence-corrected chi connectivity index (χ1v) is 25.8. The predicted octanol–water partition coefficient (Wildman–Crippen LogP) is 8.62. The average molecular weight is 856 g/mol.